The molecule has 0 aromatic carbocycles. The van der Waals surface area contributed by atoms with Gasteiger partial charge in [0.05, 0.1) is 5.92 Å². The van der Waals surface area contributed by atoms with Crippen LogP contribution >= 0.6 is 0 Å². The topological polar surface area (TPSA) is 37.3 Å². The van der Waals surface area contributed by atoms with Crippen molar-refractivity contribution in [2.24, 2.45) is 11.8 Å². The van der Waals surface area contributed by atoms with Crippen LogP contribution in [0.2, 0.25) is 0 Å². The lowest BCUT2D eigenvalue weighted by Crippen LogP contribution is -2.09. The highest BCUT2D eigenvalue weighted by Gasteiger charge is 2.11. The van der Waals surface area contributed by atoms with Crippen molar-refractivity contribution in [2.45, 2.75) is 26.7 Å². The van der Waals surface area contributed by atoms with Gasteiger partial charge in [-0.2, -0.15) is 0 Å². The number of carboxylic acid groups (broad SMARTS) is 1. The maximum absolute atomic E-state index is 10.6. The van der Waals surface area contributed by atoms with E-state index in [4.69, 9.17) is 11.5 Å². The second kappa shape index (κ2) is 6.30. The number of carbonyl (C=O) groups is 1. The molecule has 0 fully saturated rings. The number of carboxylic acids is 1. The molecule has 0 saturated carbocycles. The Morgan fingerprint density at radius 3 is 2.62 bits per heavy atom. The number of rotatable bonds is 5. The van der Waals surface area contributed by atoms with E-state index < -0.39 is 11.9 Å². The molecule has 1 atom stereocenters. The lowest BCUT2D eigenvalue weighted by Gasteiger charge is -2.02. The minimum absolute atomic E-state index is 0.268. The van der Waals surface area contributed by atoms with Gasteiger partial charge in [0.25, 0.3) is 0 Å². The normalized spacial score (nSPS) is 13.1. The Kier molecular flexibility index (Phi) is 5.71. The summed E-state index contributed by atoms with van der Waals surface area (Å²) < 4.78 is 0. The molecule has 0 rings (SSSR count). The molecule has 0 aromatic rings. The zero-order valence-corrected chi connectivity index (χ0v) is 8.16. The molecule has 0 aliphatic heterocycles. The SMILES string of the molecule is C#CCC(C=CCC(C)C)C(=O)O. The zero-order chi connectivity index (χ0) is 10.3. The lowest BCUT2D eigenvalue weighted by atomic mass is 10.0. The van der Waals surface area contributed by atoms with Crippen LogP contribution in [-0.4, -0.2) is 11.1 Å². The summed E-state index contributed by atoms with van der Waals surface area (Å²) in [5.74, 6) is 1.53. The quantitative estimate of drug-likeness (QED) is 0.520. The Balaban J connectivity index is 4.03. The summed E-state index contributed by atoms with van der Waals surface area (Å²) in [6, 6.07) is 0. The van der Waals surface area contributed by atoms with Crippen molar-refractivity contribution in [3.8, 4) is 12.3 Å². The molecule has 0 radical (unpaired) electrons. The van der Waals surface area contributed by atoms with Gasteiger partial charge in [-0.25, -0.2) is 0 Å². The van der Waals surface area contributed by atoms with Crippen LogP contribution in [-0.2, 0) is 4.79 Å². The van der Waals surface area contributed by atoms with Crippen LogP contribution in [0.5, 0.6) is 0 Å². The highest BCUT2D eigenvalue weighted by Crippen LogP contribution is 2.07. The molecule has 13 heavy (non-hydrogen) atoms. The molecule has 72 valence electrons. The van der Waals surface area contributed by atoms with Crippen molar-refractivity contribution < 1.29 is 9.90 Å². The Morgan fingerprint density at radius 1 is 1.62 bits per heavy atom. The Morgan fingerprint density at radius 2 is 2.23 bits per heavy atom. The highest BCUT2D eigenvalue weighted by molar-refractivity contribution is 5.72. The average molecular weight is 180 g/mol. The summed E-state index contributed by atoms with van der Waals surface area (Å²) in [7, 11) is 0. The monoisotopic (exact) mass is 180 g/mol. The first-order valence-electron chi connectivity index (χ1n) is 4.40. The van der Waals surface area contributed by atoms with Crippen LogP contribution < -0.4 is 0 Å². The summed E-state index contributed by atoms with van der Waals surface area (Å²) >= 11 is 0. The molecule has 1 unspecified atom stereocenters. The zero-order valence-electron chi connectivity index (χ0n) is 8.16. The number of aliphatic carboxylic acids is 1. The molecule has 0 aliphatic rings. The largest absolute Gasteiger partial charge is 0.481 e. The molecular formula is C11H16O2. The summed E-state index contributed by atoms with van der Waals surface area (Å²) in [6.45, 7) is 4.17. The van der Waals surface area contributed by atoms with Crippen molar-refractivity contribution >= 4 is 5.97 Å². The lowest BCUT2D eigenvalue weighted by molar-refractivity contribution is -0.139. The molecule has 2 heteroatoms. The molecule has 0 amide bonds. The van der Waals surface area contributed by atoms with Gasteiger partial charge in [0.2, 0.25) is 0 Å². The third-order valence-electron chi connectivity index (χ3n) is 1.63. The molecule has 0 heterocycles. The van der Waals surface area contributed by atoms with Gasteiger partial charge in [-0.1, -0.05) is 26.0 Å². The van der Waals surface area contributed by atoms with E-state index in [0.717, 1.165) is 6.42 Å². The number of terminal acetylenes is 1. The molecule has 0 bridgehead atoms. The summed E-state index contributed by atoms with van der Waals surface area (Å²) in [5, 5.41) is 8.72. The maximum Gasteiger partial charge on any atom is 0.311 e. The Bertz CT molecular complexity index is 221. The van der Waals surface area contributed by atoms with Crippen LogP contribution in [0.4, 0.5) is 0 Å². The van der Waals surface area contributed by atoms with E-state index in [1.54, 1.807) is 6.08 Å². The number of hydrogen-bond acceptors (Lipinski definition) is 1. The fraction of sp³-hybridized carbons (Fsp3) is 0.545. The molecule has 0 aromatic heterocycles. The summed E-state index contributed by atoms with van der Waals surface area (Å²) in [4.78, 5) is 10.6. The van der Waals surface area contributed by atoms with E-state index in [-0.39, 0.29) is 6.42 Å². The second-order valence-corrected chi connectivity index (χ2v) is 3.41. The van der Waals surface area contributed by atoms with Crippen LogP contribution in [0.3, 0.4) is 0 Å². The number of allylic oxidation sites excluding steroid dienone is 1. The van der Waals surface area contributed by atoms with Crippen molar-refractivity contribution in [3.05, 3.63) is 12.2 Å². The molecular weight excluding hydrogens is 164 g/mol. The van der Waals surface area contributed by atoms with Crippen LogP contribution in [0.25, 0.3) is 0 Å². The highest BCUT2D eigenvalue weighted by atomic mass is 16.4. The van der Waals surface area contributed by atoms with Gasteiger partial charge in [0.15, 0.2) is 0 Å². The van der Waals surface area contributed by atoms with Crippen LogP contribution in [0.1, 0.15) is 26.7 Å². The molecule has 0 aliphatic carbocycles. The second-order valence-electron chi connectivity index (χ2n) is 3.41. The Hall–Kier alpha value is -1.23. The molecule has 0 spiro atoms. The number of hydrogen-bond donors (Lipinski definition) is 1. The van der Waals surface area contributed by atoms with Gasteiger partial charge in [-0.05, 0) is 12.3 Å². The van der Waals surface area contributed by atoms with E-state index in [2.05, 4.69) is 19.8 Å². The minimum atomic E-state index is -0.849. The van der Waals surface area contributed by atoms with E-state index in [1.165, 1.54) is 0 Å². The third-order valence-corrected chi connectivity index (χ3v) is 1.63. The fourth-order valence-corrected chi connectivity index (χ4v) is 0.880. The summed E-state index contributed by atoms with van der Waals surface area (Å²) in [5.41, 5.74) is 0. The van der Waals surface area contributed by atoms with E-state index in [0.29, 0.717) is 5.92 Å². The first-order valence-corrected chi connectivity index (χ1v) is 4.40. The smallest absolute Gasteiger partial charge is 0.311 e. The Labute approximate surface area is 79.7 Å². The van der Waals surface area contributed by atoms with Gasteiger partial charge in [-0.15, -0.1) is 12.3 Å². The van der Waals surface area contributed by atoms with Gasteiger partial charge < -0.3 is 5.11 Å². The standard InChI is InChI=1S/C11H16O2/c1-4-6-10(11(12)13)8-5-7-9(2)3/h1,5,8-10H,6-7H2,2-3H3,(H,12,13). The average Bonchev–Trinajstić information content (AvgIpc) is 2.02. The van der Waals surface area contributed by atoms with Crippen molar-refractivity contribution in [3.63, 3.8) is 0 Å². The van der Waals surface area contributed by atoms with Gasteiger partial charge in [-0.3, -0.25) is 4.79 Å². The van der Waals surface area contributed by atoms with E-state index >= 15 is 0 Å². The van der Waals surface area contributed by atoms with Crippen LogP contribution in [0, 0.1) is 24.2 Å². The van der Waals surface area contributed by atoms with Crippen molar-refractivity contribution in [2.75, 3.05) is 0 Å². The first-order chi connectivity index (χ1) is 6.07. The van der Waals surface area contributed by atoms with E-state index in [9.17, 15) is 4.79 Å². The molecule has 1 N–H and O–H groups in total. The maximum atomic E-state index is 10.6. The van der Waals surface area contributed by atoms with Gasteiger partial charge >= 0.3 is 5.97 Å². The summed E-state index contributed by atoms with van der Waals surface area (Å²) in [6.07, 6.45) is 9.79. The van der Waals surface area contributed by atoms with Crippen LogP contribution in [0.15, 0.2) is 12.2 Å². The predicted molar refractivity (Wildman–Crippen MR) is 53.2 cm³/mol. The third kappa shape index (κ3) is 5.98. The minimum Gasteiger partial charge on any atom is -0.481 e. The van der Waals surface area contributed by atoms with Crippen molar-refractivity contribution in [1.29, 1.82) is 0 Å². The first kappa shape index (κ1) is 11.8. The van der Waals surface area contributed by atoms with Gasteiger partial charge in [0.1, 0.15) is 0 Å². The van der Waals surface area contributed by atoms with E-state index in [1.807, 2.05) is 6.08 Å². The fourth-order valence-electron chi connectivity index (χ4n) is 0.880. The molecule has 0 saturated heterocycles. The van der Waals surface area contributed by atoms with Gasteiger partial charge in [0, 0.05) is 6.42 Å². The molecule has 2 nitrogen and oxygen atoms in total. The predicted octanol–water partition coefficient (Wildman–Crippen LogP) is 2.31. The van der Waals surface area contributed by atoms with Crippen molar-refractivity contribution in [1.82, 2.24) is 0 Å².